The largest absolute Gasteiger partial charge is 0.462 e. The highest BCUT2D eigenvalue weighted by Gasteiger charge is 2.38. The van der Waals surface area contributed by atoms with Crippen LogP contribution in [0.3, 0.4) is 0 Å². The number of benzene rings is 1. The van der Waals surface area contributed by atoms with Crippen molar-refractivity contribution in [2.45, 2.75) is 65.5 Å². The molecular formula is C23H35N3O8S. The van der Waals surface area contributed by atoms with Gasteiger partial charge < -0.3 is 15.4 Å². The number of hydrogen-bond acceptors (Lipinski definition) is 8. The Hall–Kier alpha value is -2.70. The molecule has 1 saturated heterocycles. The summed E-state index contributed by atoms with van der Waals surface area (Å²) in [7, 11) is -3.21. The first kappa shape index (κ1) is 28.5. The van der Waals surface area contributed by atoms with Crippen LogP contribution in [0.1, 0.15) is 62.4 Å². The second kappa shape index (κ2) is 11.8. The number of urea groups is 1. The SMILES string of the molecule is Cc1ccccc1C(=O)OCCCC(C)(C)COS(=O)(=O)ON1C(=O)N(C)[C@H](C(N)=O)CC[C@@H]1C. The van der Waals surface area contributed by atoms with Crippen molar-refractivity contribution in [3.8, 4) is 0 Å². The van der Waals surface area contributed by atoms with E-state index in [2.05, 4.69) is 0 Å². The number of primary amides is 1. The van der Waals surface area contributed by atoms with Gasteiger partial charge in [-0.05, 0) is 56.6 Å². The molecule has 1 aromatic rings. The number of aryl methyl sites for hydroxylation is 1. The summed E-state index contributed by atoms with van der Waals surface area (Å²) in [6.07, 6.45) is 1.59. The Morgan fingerprint density at radius 1 is 1.20 bits per heavy atom. The molecule has 1 aromatic carbocycles. The zero-order chi connectivity index (χ0) is 26.4. The second-order valence-corrected chi connectivity index (χ2v) is 10.7. The van der Waals surface area contributed by atoms with Crippen LogP contribution in [-0.2, 0) is 28.4 Å². The van der Waals surface area contributed by atoms with Crippen LogP contribution >= 0.6 is 0 Å². The van der Waals surface area contributed by atoms with Gasteiger partial charge >= 0.3 is 22.4 Å². The number of likely N-dealkylation sites (N-methyl/N-ethyl adjacent to an activating group) is 1. The number of carbonyl (C=O) groups is 3. The fourth-order valence-corrected chi connectivity index (χ4v) is 4.56. The van der Waals surface area contributed by atoms with E-state index >= 15 is 0 Å². The van der Waals surface area contributed by atoms with Crippen molar-refractivity contribution in [3.05, 3.63) is 35.4 Å². The predicted octanol–water partition coefficient (Wildman–Crippen LogP) is 2.54. The van der Waals surface area contributed by atoms with Gasteiger partial charge in [-0.25, -0.2) is 13.8 Å². The number of amides is 3. The van der Waals surface area contributed by atoms with Crippen molar-refractivity contribution >= 4 is 28.3 Å². The molecule has 196 valence electrons. The van der Waals surface area contributed by atoms with Crippen LogP contribution in [-0.4, -0.2) is 68.6 Å². The fourth-order valence-electron chi connectivity index (χ4n) is 3.64. The zero-order valence-electron chi connectivity index (χ0n) is 20.9. The van der Waals surface area contributed by atoms with Gasteiger partial charge in [0.1, 0.15) is 6.04 Å². The van der Waals surface area contributed by atoms with Crippen molar-refractivity contribution < 1.29 is 36.0 Å². The van der Waals surface area contributed by atoms with Gasteiger partial charge in [-0.3, -0.25) is 4.79 Å². The van der Waals surface area contributed by atoms with Gasteiger partial charge in [-0.2, -0.15) is 13.5 Å². The minimum atomic E-state index is -4.57. The number of nitrogens with two attached hydrogens (primary N) is 1. The molecule has 0 aromatic heterocycles. The Morgan fingerprint density at radius 3 is 2.49 bits per heavy atom. The summed E-state index contributed by atoms with van der Waals surface area (Å²) in [4.78, 5) is 37.5. The highest BCUT2D eigenvalue weighted by Crippen LogP contribution is 2.26. The number of esters is 1. The van der Waals surface area contributed by atoms with Crippen molar-refractivity contribution in [2.24, 2.45) is 11.1 Å². The first-order valence-corrected chi connectivity index (χ1v) is 12.7. The summed E-state index contributed by atoms with van der Waals surface area (Å²) < 4.78 is 40.2. The van der Waals surface area contributed by atoms with Gasteiger partial charge in [0.2, 0.25) is 5.91 Å². The number of nitrogens with zero attached hydrogens (tertiary/aromatic N) is 2. The van der Waals surface area contributed by atoms with Crippen LogP contribution in [0.2, 0.25) is 0 Å². The van der Waals surface area contributed by atoms with Crippen molar-refractivity contribution in [2.75, 3.05) is 20.3 Å². The van der Waals surface area contributed by atoms with Crippen LogP contribution in [0.25, 0.3) is 0 Å². The molecule has 0 spiro atoms. The van der Waals surface area contributed by atoms with Gasteiger partial charge in [0.15, 0.2) is 0 Å². The lowest BCUT2D eigenvalue weighted by atomic mass is 9.89. The van der Waals surface area contributed by atoms with E-state index in [9.17, 15) is 22.8 Å². The highest BCUT2D eigenvalue weighted by molar-refractivity contribution is 7.81. The van der Waals surface area contributed by atoms with Gasteiger partial charge in [0, 0.05) is 7.05 Å². The van der Waals surface area contributed by atoms with E-state index in [4.69, 9.17) is 18.9 Å². The maximum atomic E-state index is 12.7. The van der Waals surface area contributed by atoms with E-state index < -0.39 is 45.8 Å². The maximum absolute atomic E-state index is 12.7. The standard InChI is InChI=1S/C23H35N3O8S/c1-16-9-6-7-10-18(16)21(28)32-14-8-13-23(3,4)15-33-35(30,31)34-26-17(2)11-12-19(20(24)27)25(5)22(26)29/h6-7,9-10,17,19H,8,11-15H2,1-5H3,(H2,24,27)/t17-,19-/m0/s1. The highest BCUT2D eigenvalue weighted by atomic mass is 32.3. The van der Waals surface area contributed by atoms with Gasteiger partial charge in [0.05, 0.1) is 24.8 Å². The molecule has 1 heterocycles. The van der Waals surface area contributed by atoms with Crippen molar-refractivity contribution in [3.63, 3.8) is 0 Å². The summed E-state index contributed by atoms with van der Waals surface area (Å²) in [6.45, 7) is 7.00. The smallest absolute Gasteiger partial charge is 0.421 e. The molecule has 1 aliphatic heterocycles. The summed E-state index contributed by atoms with van der Waals surface area (Å²) in [6, 6.07) is 4.84. The topological polar surface area (TPSA) is 146 Å². The van der Waals surface area contributed by atoms with E-state index in [-0.39, 0.29) is 19.6 Å². The van der Waals surface area contributed by atoms with Gasteiger partial charge in [-0.1, -0.05) is 32.0 Å². The average molecular weight is 514 g/mol. The third kappa shape index (κ3) is 8.18. The van der Waals surface area contributed by atoms with Gasteiger partial charge in [-0.15, -0.1) is 4.28 Å². The molecule has 0 saturated carbocycles. The van der Waals surface area contributed by atoms with Crippen LogP contribution in [0, 0.1) is 12.3 Å². The molecule has 2 N–H and O–H groups in total. The van der Waals surface area contributed by atoms with Crippen LogP contribution in [0.5, 0.6) is 0 Å². The molecule has 1 aliphatic rings. The van der Waals surface area contributed by atoms with E-state index in [1.54, 1.807) is 32.9 Å². The number of hydrogen-bond donors (Lipinski definition) is 1. The molecule has 2 rings (SSSR count). The Balaban J connectivity index is 1.86. The monoisotopic (exact) mass is 513 g/mol. The molecule has 0 unspecified atom stereocenters. The fraction of sp³-hybridized carbons (Fsp3) is 0.609. The van der Waals surface area contributed by atoms with E-state index in [0.717, 1.165) is 10.5 Å². The minimum Gasteiger partial charge on any atom is -0.462 e. The molecule has 35 heavy (non-hydrogen) atoms. The van der Waals surface area contributed by atoms with Crippen LogP contribution in [0.4, 0.5) is 4.79 Å². The van der Waals surface area contributed by atoms with Crippen LogP contribution in [0.15, 0.2) is 24.3 Å². The Bertz CT molecular complexity index is 1030. The van der Waals surface area contributed by atoms with Crippen molar-refractivity contribution in [1.82, 2.24) is 9.96 Å². The average Bonchev–Trinajstić information content (AvgIpc) is 2.87. The molecule has 2 atom stereocenters. The predicted molar refractivity (Wildman–Crippen MR) is 127 cm³/mol. The Morgan fingerprint density at radius 2 is 1.86 bits per heavy atom. The molecule has 0 aliphatic carbocycles. The van der Waals surface area contributed by atoms with Crippen molar-refractivity contribution in [1.29, 1.82) is 0 Å². The lowest BCUT2D eigenvalue weighted by molar-refractivity contribution is -0.122. The number of carbonyl (C=O) groups excluding carboxylic acids is 3. The number of hydroxylamine groups is 2. The second-order valence-electron chi connectivity index (χ2n) is 9.53. The normalized spacial score (nSPS) is 19.4. The zero-order valence-corrected chi connectivity index (χ0v) is 21.7. The molecule has 0 radical (unpaired) electrons. The van der Waals surface area contributed by atoms with E-state index in [0.29, 0.717) is 29.9 Å². The Labute approximate surface area is 206 Å². The van der Waals surface area contributed by atoms with Gasteiger partial charge in [0.25, 0.3) is 0 Å². The number of ether oxygens (including phenoxy) is 1. The molecule has 12 heteroatoms. The molecular weight excluding hydrogens is 478 g/mol. The Kier molecular flexibility index (Phi) is 9.64. The summed E-state index contributed by atoms with van der Waals surface area (Å²) >= 11 is 0. The summed E-state index contributed by atoms with van der Waals surface area (Å²) in [5.41, 5.74) is 6.08. The lowest BCUT2D eigenvalue weighted by Crippen LogP contribution is -2.50. The quantitative estimate of drug-likeness (QED) is 0.351. The number of rotatable bonds is 11. The molecule has 1 fully saturated rings. The molecule has 3 amide bonds. The first-order valence-electron chi connectivity index (χ1n) is 11.4. The summed E-state index contributed by atoms with van der Waals surface area (Å²) in [5, 5.41) is 0.691. The lowest BCUT2D eigenvalue weighted by Gasteiger charge is -2.29. The van der Waals surface area contributed by atoms with E-state index in [1.807, 2.05) is 19.1 Å². The van der Waals surface area contributed by atoms with E-state index in [1.165, 1.54) is 7.05 Å². The summed E-state index contributed by atoms with van der Waals surface area (Å²) in [5.74, 6) is -1.09. The maximum Gasteiger partial charge on any atom is 0.421 e. The third-order valence-electron chi connectivity index (χ3n) is 5.91. The molecule has 0 bridgehead atoms. The first-order chi connectivity index (χ1) is 16.2. The third-order valence-corrected chi connectivity index (χ3v) is 6.66. The molecule has 11 nitrogen and oxygen atoms in total. The minimum absolute atomic E-state index is 0.174. The van der Waals surface area contributed by atoms with Crippen LogP contribution < -0.4 is 5.73 Å².